The molecule has 3 fully saturated rings. The Labute approximate surface area is 138 Å². The summed E-state index contributed by atoms with van der Waals surface area (Å²) in [5, 5.41) is 2.56. The van der Waals surface area contributed by atoms with Gasteiger partial charge in [-0.15, -0.1) is 0 Å². The number of nitrogens with zero attached hydrogens (tertiary/aromatic N) is 2. The first-order valence-electron chi connectivity index (χ1n) is 8.72. The lowest BCUT2D eigenvalue weighted by Gasteiger charge is -2.36. The summed E-state index contributed by atoms with van der Waals surface area (Å²) in [4.78, 5) is 5.24. The highest BCUT2D eigenvalue weighted by Gasteiger charge is 2.33. The zero-order valence-electron chi connectivity index (χ0n) is 14.2. The highest BCUT2D eigenvalue weighted by atomic mass is 16.5. The second-order valence-electron chi connectivity index (χ2n) is 7.22. The normalized spacial score (nSPS) is 25.7. The van der Waals surface area contributed by atoms with Crippen LogP contribution in [0.5, 0.6) is 5.75 Å². The van der Waals surface area contributed by atoms with Crippen molar-refractivity contribution in [3.63, 3.8) is 0 Å². The summed E-state index contributed by atoms with van der Waals surface area (Å²) in [6, 6.07) is 13.7. The SMILES string of the molecule is COc1ccc(CN2C[C@H]3CC[C@@H]2CN(C)C3)c2ccccc12. The molecule has 122 valence electrons. The molecule has 2 aromatic carbocycles. The van der Waals surface area contributed by atoms with Crippen molar-refractivity contribution >= 4 is 10.8 Å². The summed E-state index contributed by atoms with van der Waals surface area (Å²) >= 11 is 0. The first-order valence-corrected chi connectivity index (χ1v) is 8.72. The van der Waals surface area contributed by atoms with Gasteiger partial charge in [0.2, 0.25) is 0 Å². The molecule has 2 atom stereocenters. The van der Waals surface area contributed by atoms with Gasteiger partial charge in [-0.25, -0.2) is 0 Å². The maximum absolute atomic E-state index is 5.54. The lowest BCUT2D eigenvalue weighted by atomic mass is 9.94. The van der Waals surface area contributed by atoms with Gasteiger partial charge < -0.3 is 9.64 Å². The quantitative estimate of drug-likeness (QED) is 0.864. The summed E-state index contributed by atoms with van der Waals surface area (Å²) in [7, 11) is 4.03. The minimum atomic E-state index is 0.708. The van der Waals surface area contributed by atoms with Gasteiger partial charge in [0.1, 0.15) is 5.75 Å². The Bertz CT molecular complexity index is 699. The number of ether oxygens (including phenoxy) is 1. The maximum Gasteiger partial charge on any atom is 0.126 e. The van der Waals surface area contributed by atoms with Gasteiger partial charge in [-0.05, 0) is 42.8 Å². The van der Waals surface area contributed by atoms with Crippen molar-refractivity contribution < 1.29 is 4.74 Å². The zero-order chi connectivity index (χ0) is 15.8. The second kappa shape index (κ2) is 6.14. The largest absolute Gasteiger partial charge is 0.496 e. The third kappa shape index (κ3) is 2.84. The fraction of sp³-hybridized carbons (Fsp3) is 0.500. The monoisotopic (exact) mass is 310 g/mol. The van der Waals surface area contributed by atoms with E-state index in [9.17, 15) is 0 Å². The Kier molecular flexibility index (Phi) is 4.00. The molecule has 5 rings (SSSR count). The minimum Gasteiger partial charge on any atom is -0.496 e. The molecule has 0 N–H and O–H groups in total. The number of hydrogen-bond acceptors (Lipinski definition) is 3. The number of piperidine rings is 1. The highest BCUT2D eigenvalue weighted by Crippen LogP contribution is 2.32. The number of likely N-dealkylation sites (N-methyl/N-ethyl adjacent to an activating group) is 1. The van der Waals surface area contributed by atoms with Crippen LogP contribution in [-0.4, -0.2) is 49.6 Å². The molecule has 3 aliphatic heterocycles. The Balaban J connectivity index is 1.66. The predicted octanol–water partition coefficient (Wildman–Crippen LogP) is 3.37. The number of rotatable bonds is 3. The second-order valence-corrected chi connectivity index (χ2v) is 7.22. The smallest absolute Gasteiger partial charge is 0.126 e. The Morgan fingerprint density at radius 1 is 1.00 bits per heavy atom. The van der Waals surface area contributed by atoms with E-state index in [2.05, 4.69) is 53.2 Å². The molecule has 3 heteroatoms. The third-order valence-electron chi connectivity index (χ3n) is 5.58. The molecule has 2 bridgehead atoms. The van der Waals surface area contributed by atoms with Crippen molar-refractivity contribution in [3.8, 4) is 5.75 Å². The van der Waals surface area contributed by atoms with Gasteiger partial charge in [-0.3, -0.25) is 4.90 Å². The number of hydrogen-bond donors (Lipinski definition) is 0. The van der Waals surface area contributed by atoms with E-state index in [1.165, 1.54) is 48.8 Å². The molecule has 0 radical (unpaired) electrons. The summed E-state index contributed by atoms with van der Waals surface area (Å²) < 4.78 is 5.54. The lowest BCUT2D eigenvalue weighted by Crippen LogP contribution is -2.43. The van der Waals surface area contributed by atoms with Crippen molar-refractivity contribution in [3.05, 3.63) is 42.0 Å². The van der Waals surface area contributed by atoms with Gasteiger partial charge >= 0.3 is 0 Å². The fourth-order valence-electron chi connectivity index (χ4n) is 4.48. The molecule has 0 spiro atoms. The van der Waals surface area contributed by atoms with Crippen LogP contribution in [0.15, 0.2) is 36.4 Å². The van der Waals surface area contributed by atoms with Crippen molar-refractivity contribution in [1.29, 1.82) is 0 Å². The van der Waals surface area contributed by atoms with Crippen LogP contribution in [0.2, 0.25) is 0 Å². The van der Waals surface area contributed by atoms with Gasteiger partial charge in [-0.2, -0.15) is 0 Å². The molecule has 3 saturated heterocycles. The molecule has 2 aromatic rings. The van der Waals surface area contributed by atoms with Gasteiger partial charge in [-0.1, -0.05) is 30.3 Å². The van der Waals surface area contributed by atoms with E-state index in [1.807, 2.05) is 0 Å². The summed E-state index contributed by atoms with van der Waals surface area (Å²) in [6.07, 6.45) is 2.75. The summed E-state index contributed by atoms with van der Waals surface area (Å²) in [5.74, 6) is 1.81. The standard InChI is InChI=1S/C20H26N2O/c1-21-11-15-7-9-17(14-21)22(12-15)13-16-8-10-20(23-2)19-6-4-3-5-18(16)19/h3-6,8,10,15,17H,7,9,11-14H2,1-2H3/t15-,17+/m0/s1. The van der Waals surface area contributed by atoms with Crippen molar-refractivity contribution in [2.75, 3.05) is 33.8 Å². The summed E-state index contributed by atoms with van der Waals surface area (Å²) in [5.41, 5.74) is 1.43. The lowest BCUT2D eigenvalue weighted by molar-refractivity contribution is 0.125. The average molecular weight is 310 g/mol. The van der Waals surface area contributed by atoms with Gasteiger partial charge in [0.25, 0.3) is 0 Å². The molecule has 0 unspecified atom stereocenters. The molecule has 23 heavy (non-hydrogen) atoms. The highest BCUT2D eigenvalue weighted by molar-refractivity contribution is 5.91. The molecule has 0 aliphatic carbocycles. The van der Waals surface area contributed by atoms with E-state index < -0.39 is 0 Å². The molecule has 0 aromatic heterocycles. The average Bonchev–Trinajstić information content (AvgIpc) is 2.84. The van der Waals surface area contributed by atoms with Gasteiger partial charge in [0, 0.05) is 37.6 Å². The number of benzene rings is 2. The number of methoxy groups -OCH3 is 1. The van der Waals surface area contributed by atoms with Gasteiger partial charge in [0.05, 0.1) is 7.11 Å². The maximum atomic E-state index is 5.54. The van der Waals surface area contributed by atoms with Crippen LogP contribution < -0.4 is 4.74 Å². The van der Waals surface area contributed by atoms with E-state index >= 15 is 0 Å². The summed E-state index contributed by atoms with van der Waals surface area (Å²) in [6.45, 7) is 4.77. The molecule has 3 nitrogen and oxygen atoms in total. The van der Waals surface area contributed by atoms with Crippen LogP contribution in [0.1, 0.15) is 18.4 Å². The first kappa shape index (κ1) is 15.0. The molecule has 3 heterocycles. The molecule has 0 amide bonds. The molecule has 3 aliphatic rings. The molecule has 0 saturated carbocycles. The van der Waals surface area contributed by atoms with E-state index in [0.717, 1.165) is 18.2 Å². The third-order valence-corrected chi connectivity index (χ3v) is 5.58. The predicted molar refractivity (Wildman–Crippen MR) is 94.9 cm³/mol. The van der Waals surface area contributed by atoms with E-state index in [1.54, 1.807) is 7.11 Å². The van der Waals surface area contributed by atoms with Crippen LogP contribution in [0.25, 0.3) is 10.8 Å². The first-order chi connectivity index (χ1) is 11.2. The Hall–Kier alpha value is -1.58. The van der Waals surface area contributed by atoms with Crippen LogP contribution in [-0.2, 0) is 6.54 Å². The van der Waals surface area contributed by atoms with Gasteiger partial charge in [0.15, 0.2) is 0 Å². The molecular weight excluding hydrogens is 284 g/mol. The Morgan fingerprint density at radius 3 is 2.65 bits per heavy atom. The minimum absolute atomic E-state index is 0.708. The Morgan fingerprint density at radius 2 is 1.83 bits per heavy atom. The van der Waals surface area contributed by atoms with E-state index in [0.29, 0.717) is 6.04 Å². The van der Waals surface area contributed by atoms with Crippen LogP contribution in [0.3, 0.4) is 0 Å². The number of fused-ring (bicyclic) bond motifs is 5. The van der Waals surface area contributed by atoms with Crippen molar-refractivity contribution in [2.45, 2.75) is 25.4 Å². The van der Waals surface area contributed by atoms with Crippen molar-refractivity contribution in [2.24, 2.45) is 5.92 Å². The van der Waals surface area contributed by atoms with Crippen LogP contribution in [0.4, 0.5) is 0 Å². The fourth-order valence-corrected chi connectivity index (χ4v) is 4.48. The topological polar surface area (TPSA) is 15.7 Å². The van der Waals surface area contributed by atoms with E-state index in [-0.39, 0.29) is 0 Å². The zero-order valence-corrected chi connectivity index (χ0v) is 14.2. The molecular formula is C20H26N2O. The van der Waals surface area contributed by atoms with Crippen LogP contribution in [0, 0.1) is 5.92 Å². The van der Waals surface area contributed by atoms with Crippen molar-refractivity contribution in [1.82, 2.24) is 9.80 Å². The van der Waals surface area contributed by atoms with Crippen LogP contribution >= 0.6 is 0 Å². The van der Waals surface area contributed by atoms with E-state index in [4.69, 9.17) is 4.74 Å².